The summed E-state index contributed by atoms with van der Waals surface area (Å²) in [5.74, 6) is -0.249. The van der Waals surface area contributed by atoms with Crippen LogP contribution in [0.1, 0.15) is 48.0 Å². The highest BCUT2D eigenvalue weighted by Crippen LogP contribution is 2.45. The largest absolute Gasteiger partial charge is 0.465 e. The maximum atomic E-state index is 12.4. The maximum absolute atomic E-state index is 12.4. The first-order valence-corrected chi connectivity index (χ1v) is 7.89. The molecular formula is C17H22N2O3. The quantitative estimate of drug-likeness (QED) is 0.831. The average molecular weight is 302 g/mol. The number of ether oxygens (including phenoxy) is 1. The van der Waals surface area contributed by atoms with Crippen LogP contribution < -0.4 is 10.6 Å². The molecule has 1 atom stereocenters. The van der Waals surface area contributed by atoms with E-state index in [1.54, 1.807) is 12.1 Å². The predicted octanol–water partition coefficient (Wildman–Crippen LogP) is 1.72. The van der Waals surface area contributed by atoms with Crippen molar-refractivity contribution in [2.75, 3.05) is 13.7 Å². The Morgan fingerprint density at radius 3 is 2.50 bits per heavy atom. The number of carbonyl (C=O) groups is 2. The second-order valence-electron chi connectivity index (χ2n) is 6.14. The van der Waals surface area contributed by atoms with Crippen LogP contribution in [0.15, 0.2) is 24.3 Å². The van der Waals surface area contributed by atoms with Crippen molar-refractivity contribution < 1.29 is 14.3 Å². The van der Waals surface area contributed by atoms with Gasteiger partial charge in [0.25, 0.3) is 0 Å². The lowest BCUT2D eigenvalue weighted by atomic mass is 10.0. The first kappa shape index (κ1) is 15.0. The normalized spacial score (nSPS) is 22.7. The molecule has 1 heterocycles. The average Bonchev–Trinajstić information content (AvgIpc) is 3.36. The third-order valence-electron chi connectivity index (χ3n) is 4.60. The molecule has 1 aromatic carbocycles. The Balaban J connectivity index is 1.68. The summed E-state index contributed by atoms with van der Waals surface area (Å²) in [4.78, 5) is 23.9. The molecule has 0 bridgehead atoms. The summed E-state index contributed by atoms with van der Waals surface area (Å²) >= 11 is 0. The zero-order valence-electron chi connectivity index (χ0n) is 12.9. The lowest BCUT2D eigenvalue weighted by Crippen LogP contribution is -2.49. The monoisotopic (exact) mass is 302 g/mol. The van der Waals surface area contributed by atoms with Crippen LogP contribution in [0, 0.1) is 0 Å². The van der Waals surface area contributed by atoms with Crippen LogP contribution in [0.4, 0.5) is 0 Å². The molecule has 1 amide bonds. The summed E-state index contributed by atoms with van der Waals surface area (Å²) in [5.41, 5.74) is 1.34. The maximum Gasteiger partial charge on any atom is 0.337 e. The molecule has 3 rings (SSSR count). The smallest absolute Gasteiger partial charge is 0.337 e. The van der Waals surface area contributed by atoms with Crippen molar-refractivity contribution in [3.63, 3.8) is 0 Å². The van der Waals surface area contributed by atoms with Crippen molar-refractivity contribution in [2.45, 2.75) is 43.7 Å². The number of methoxy groups -OCH3 is 1. The molecule has 2 aliphatic rings. The molecule has 0 spiro atoms. The fourth-order valence-corrected chi connectivity index (χ4v) is 3.05. The molecule has 5 nitrogen and oxygen atoms in total. The van der Waals surface area contributed by atoms with E-state index in [4.69, 9.17) is 4.74 Å². The molecule has 0 aromatic heterocycles. The highest BCUT2D eigenvalue weighted by Gasteiger charge is 2.46. The number of amides is 1. The Labute approximate surface area is 130 Å². The van der Waals surface area contributed by atoms with Crippen molar-refractivity contribution in [2.24, 2.45) is 0 Å². The van der Waals surface area contributed by atoms with Crippen LogP contribution >= 0.6 is 0 Å². The van der Waals surface area contributed by atoms with E-state index in [9.17, 15) is 9.59 Å². The van der Waals surface area contributed by atoms with Crippen LogP contribution in [0.5, 0.6) is 0 Å². The van der Waals surface area contributed by atoms with Gasteiger partial charge in [-0.1, -0.05) is 18.6 Å². The molecule has 118 valence electrons. The van der Waals surface area contributed by atoms with Gasteiger partial charge < -0.3 is 15.4 Å². The number of hydrogen-bond donors (Lipinski definition) is 2. The summed E-state index contributed by atoms with van der Waals surface area (Å²) in [7, 11) is 1.37. The molecule has 22 heavy (non-hydrogen) atoms. The Hall–Kier alpha value is -1.88. The fraction of sp³-hybridized carbons (Fsp3) is 0.529. The molecule has 2 N–H and O–H groups in total. The minimum absolute atomic E-state index is 0.0689. The first-order chi connectivity index (χ1) is 10.6. The first-order valence-electron chi connectivity index (χ1n) is 7.89. The second-order valence-corrected chi connectivity index (χ2v) is 6.14. The van der Waals surface area contributed by atoms with Gasteiger partial charge in [-0.05, 0) is 49.9 Å². The molecule has 1 aromatic rings. The van der Waals surface area contributed by atoms with E-state index in [2.05, 4.69) is 10.6 Å². The molecule has 1 unspecified atom stereocenters. The van der Waals surface area contributed by atoms with E-state index in [1.807, 2.05) is 12.1 Å². The fourth-order valence-electron chi connectivity index (χ4n) is 3.05. The summed E-state index contributed by atoms with van der Waals surface area (Å²) in [6.45, 7) is 0.916. The zero-order chi connectivity index (χ0) is 15.6. The van der Waals surface area contributed by atoms with Crippen LogP contribution in [0.2, 0.25) is 0 Å². The zero-order valence-corrected chi connectivity index (χ0v) is 12.9. The van der Waals surface area contributed by atoms with Gasteiger partial charge in [0, 0.05) is 0 Å². The lowest BCUT2D eigenvalue weighted by Gasteiger charge is -2.26. The number of benzene rings is 1. The van der Waals surface area contributed by atoms with Gasteiger partial charge in [-0.2, -0.15) is 0 Å². The van der Waals surface area contributed by atoms with Crippen molar-refractivity contribution in [3.8, 4) is 0 Å². The predicted molar refractivity (Wildman–Crippen MR) is 82.5 cm³/mol. The highest BCUT2D eigenvalue weighted by atomic mass is 16.5. The Morgan fingerprint density at radius 1 is 1.23 bits per heavy atom. The van der Waals surface area contributed by atoms with Gasteiger partial charge in [0.1, 0.15) is 0 Å². The highest BCUT2D eigenvalue weighted by molar-refractivity contribution is 5.89. The van der Waals surface area contributed by atoms with Crippen LogP contribution in [-0.2, 0) is 15.1 Å². The second kappa shape index (κ2) is 6.08. The molecule has 1 aliphatic heterocycles. The molecule has 5 heteroatoms. The van der Waals surface area contributed by atoms with E-state index in [0.29, 0.717) is 5.56 Å². The van der Waals surface area contributed by atoms with Crippen LogP contribution in [0.3, 0.4) is 0 Å². The van der Waals surface area contributed by atoms with Crippen molar-refractivity contribution in [3.05, 3.63) is 35.4 Å². The summed E-state index contributed by atoms with van der Waals surface area (Å²) in [6.07, 6.45) is 5.05. The van der Waals surface area contributed by atoms with Gasteiger partial charge in [0.15, 0.2) is 0 Å². The van der Waals surface area contributed by atoms with E-state index in [-0.39, 0.29) is 23.5 Å². The SMILES string of the molecule is COC(=O)c1ccc(C2(NC(=O)C3CCCCN3)CC2)cc1. The van der Waals surface area contributed by atoms with E-state index < -0.39 is 0 Å². The number of nitrogens with one attached hydrogen (secondary N) is 2. The Kier molecular flexibility index (Phi) is 4.16. The minimum Gasteiger partial charge on any atom is -0.465 e. The summed E-state index contributed by atoms with van der Waals surface area (Å²) in [6, 6.07) is 7.26. The van der Waals surface area contributed by atoms with E-state index >= 15 is 0 Å². The Morgan fingerprint density at radius 2 is 1.95 bits per heavy atom. The van der Waals surface area contributed by atoms with Crippen LogP contribution in [-0.4, -0.2) is 31.6 Å². The van der Waals surface area contributed by atoms with Crippen molar-refractivity contribution in [1.82, 2.24) is 10.6 Å². The number of carbonyl (C=O) groups excluding carboxylic acids is 2. The summed E-state index contributed by atoms with van der Waals surface area (Å²) in [5, 5.41) is 6.48. The Bertz CT molecular complexity index is 558. The molecule has 0 radical (unpaired) electrons. The third-order valence-corrected chi connectivity index (χ3v) is 4.60. The van der Waals surface area contributed by atoms with E-state index in [1.165, 1.54) is 7.11 Å². The molecule has 1 saturated heterocycles. The molecule has 1 saturated carbocycles. The van der Waals surface area contributed by atoms with Gasteiger partial charge in [0.2, 0.25) is 5.91 Å². The molecule has 2 fully saturated rings. The van der Waals surface area contributed by atoms with E-state index in [0.717, 1.165) is 44.2 Å². The molecule has 1 aliphatic carbocycles. The van der Waals surface area contributed by atoms with Gasteiger partial charge in [-0.25, -0.2) is 4.79 Å². The number of rotatable bonds is 4. The lowest BCUT2D eigenvalue weighted by molar-refractivity contribution is -0.124. The molecular weight excluding hydrogens is 280 g/mol. The van der Waals surface area contributed by atoms with Gasteiger partial charge in [-0.3, -0.25) is 4.79 Å². The number of hydrogen-bond acceptors (Lipinski definition) is 4. The number of esters is 1. The minimum atomic E-state index is -0.341. The summed E-state index contributed by atoms with van der Waals surface area (Å²) < 4.78 is 4.70. The standard InChI is InChI=1S/C17H22N2O3/c1-22-16(21)12-5-7-13(8-6-12)17(9-10-17)19-15(20)14-4-2-3-11-18-14/h5-8,14,18H,2-4,9-11H2,1H3,(H,19,20). The number of piperidine rings is 1. The third kappa shape index (κ3) is 2.99. The topological polar surface area (TPSA) is 67.4 Å². The van der Waals surface area contributed by atoms with Crippen molar-refractivity contribution in [1.29, 1.82) is 0 Å². The van der Waals surface area contributed by atoms with Gasteiger partial charge in [0.05, 0.1) is 24.3 Å². The van der Waals surface area contributed by atoms with Crippen molar-refractivity contribution >= 4 is 11.9 Å². The van der Waals surface area contributed by atoms with Gasteiger partial charge >= 0.3 is 5.97 Å². The van der Waals surface area contributed by atoms with Crippen LogP contribution in [0.25, 0.3) is 0 Å². The van der Waals surface area contributed by atoms with Gasteiger partial charge in [-0.15, -0.1) is 0 Å².